The summed E-state index contributed by atoms with van der Waals surface area (Å²) in [6.45, 7) is 3.16. The molecule has 21 heavy (non-hydrogen) atoms. The molecule has 0 radical (unpaired) electrons. The van der Waals surface area contributed by atoms with Crippen molar-refractivity contribution in [2.75, 3.05) is 19.8 Å². The summed E-state index contributed by atoms with van der Waals surface area (Å²) < 4.78 is 10.4. The van der Waals surface area contributed by atoms with Crippen LogP contribution < -0.4 is 5.32 Å². The first-order chi connectivity index (χ1) is 10.2. The first-order valence-corrected chi connectivity index (χ1v) is 7.35. The van der Waals surface area contributed by atoms with E-state index >= 15 is 0 Å². The molecule has 1 aliphatic rings. The zero-order chi connectivity index (χ0) is 15.1. The van der Waals surface area contributed by atoms with Crippen LogP contribution in [0, 0.1) is 0 Å². The van der Waals surface area contributed by atoms with Crippen molar-refractivity contribution in [1.82, 2.24) is 5.32 Å². The Kier molecular flexibility index (Phi) is 5.75. The Labute approximate surface area is 124 Å². The Bertz CT molecular complexity index is 501. The topological polar surface area (TPSA) is 64.6 Å². The van der Waals surface area contributed by atoms with Gasteiger partial charge in [0.05, 0.1) is 13.2 Å². The molecule has 1 atom stereocenters. The summed E-state index contributed by atoms with van der Waals surface area (Å²) in [6, 6.07) is 7.84. The van der Waals surface area contributed by atoms with Crippen molar-refractivity contribution in [2.24, 2.45) is 0 Å². The van der Waals surface area contributed by atoms with Gasteiger partial charge >= 0.3 is 5.97 Å². The van der Waals surface area contributed by atoms with Gasteiger partial charge in [-0.3, -0.25) is 9.59 Å². The van der Waals surface area contributed by atoms with Crippen LogP contribution in [-0.2, 0) is 25.5 Å². The number of rotatable bonds is 6. The number of nitrogens with one attached hydrogen (secondary N) is 1. The van der Waals surface area contributed by atoms with Crippen molar-refractivity contribution in [1.29, 1.82) is 0 Å². The standard InChI is InChI=1S/C16H21NO4/c1-2-20-14(18)8-5-10-17-16(19)15-13-7-4-3-6-12(13)9-11-21-15/h3-4,6-7,15H,2,5,8-11H2,1H3,(H,17,19). The van der Waals surface area contributed by atoms with Crippen molar-refractivity contribution >= 4 is 11.9 Å². The monoisotopic (exact) mass is 291 g/mol. The van der Waals surface area contributed by atoms with Gasteiger partial charge in [0, 0.05) is 13.0 Å². The van der Waals surface area contributed by atoms with Gasteiger partial charge in [-0.1, -0.05) is 24.3 Å². The quantitative estimate of drug-likeness (QED) is 0.641. The molecule has 2 rings (SSSR count). The second-order valence-electron chi connectivity index (χ2n) is 4.90. The van der Waals surface area contributed by atoms with Crippen LogP contribution in [0.1, 0.15) is 37.0 Å². The molecule has 5 nitrogen and oxygen atoms in total. The SMILES string of the molecule is CCOC(=O)CCCNC(=O)C1OCCc2ccccc21. The summed E-state index contributed by atoms with van der Waals surface area (Å²) in [6.07, 6.45) is 1.18. The lowest BCUT2D eigenvalue weighted by Crippen LogP contribution is -2.34. The smallest absolute Gasteiger partial charge is 0.305 e. The van der Waals surface area contributed by atoms with Gasteiger partial charge in [-0.2, -0.15) is 0 Å². The van der Waals surface area contributed by atoms with E-state index in [1.807, 2.05) is 24.3 Å². The van der Waals surface area contributed by atoms with E-state index in [2.05, 4.69) is 5.32 Å². The molecule has 0 aromatic heterocycles. The molecule has 1 heterocycles. The number of fused-ring (bicyclic) bond motifs is 1. The predicted octanol–water partition coefficient (Wildman–Crippen LogP) is 1.76. The van der Waals surface area contributed by atoms with Gasteiger partial charge in [-0.15, -0.1) is 0 Å². The molecule has 0 bridgehead atoms. The van der Waals surface area contributed by atoms with Crippen molar-refractivity contribution < 1.29 is 19.1 Å². The van der Waals surface area contributed by atoms with Gasteiger partial charge in [0.25, 0.3) is 5.91 Å². The van der Waals surface area contributed by atoms with Crippen LogP contribution in [0.25, 0.3) is 0 Å². The maximum atomic E-state index is 12.2. The minimum atomic E-state index is -0.544. The van der Waals surface area contributed by atoms with Crippen LogP contribution in [0.4, 0.5) is 0 Å². The number of amides is 1. The van der Waals surface area contributed by atoms with Gasteiger partial charge in [0.2, 0.25) is 0 Å². The van der Waals surface area contributed by atoms with E-state index < -0.39 is 6.10 Å². The molecule has 0 fully saturated rings. The molecule has 1 amide bonds. The Morgan fingerprint density at radius 3 is 3.00 bits per heavy atom. The fourth-order valence-electron chi connectivity index (χ4n) is 2.38. The highest BCUT2D eigenvalue weighted by Crippen LogP contribution is 2.26. The number of ether oxygens (including phenoxy) is 2. The van der Waals surface area contributed by atoms with Crippen LogP contribution in [0.15, 0.2) is 24.3 Å². The Morgan fingerprint density at radius 2 is 2.19 bits per heavy atom. The van der Waals surface area contributed by atoms with E-state index in [0.717, 1.165) is 17.5 Å². The summed E-state index contributed by atoms with van der Waals surface area (Å²) in [5.41, 5.74) is 2.10. The lowest BCUT2D eigenvalue weighted by molar-refractivity contribution is -0.143. The van der Waals surface area contributed by atoms with E-state index in [-0.39, 0.29) is 11.9 Å². The Morgan fingerprint density at radius 1 is 1.38 bits per heavy atom. The molecule has 1 aromatic carbocycles. The average Bonchev–Trinajstić information content (AvgIpc) is 2.51. The van der Waals surface area contributed by atoms with Crippen LogP contribution in [0.5, 0.6) is 0 Å². The molecule has 1 unspecified atom stereocenters. The van der Waals surface area contributed by atoms with E-state index in [4.69, 9.17) is 9.47 Å². The van der Waals surface area contributed by atoms with Gasteiger partial charge in [0.1, 0.15) is 0 Å². The first kappa shape index (κ1) is 15.5. The number of hydrogen-bond acceptors (Lipinski definition) is 4. The fraction of sp³-hybridized carbons (Fsp3) is 0.500. The van der Waals surface area contributed by atoms with E-state index in [1.165, 1.54) is 0 Å². The van der Waals surface area contributed by atoms with Crippen LogP contribution in [0.3, 0.4) is 0 Å². The predicted molar refractivity (Wildman–Crippen MR) is 77.7 cm³/mol. The highest BCUT2D eigenvalue weighted by atomic mass is 16.5. The minimum absolute atomic E-state index is 0.147. The van der Waals surface area contributed by atoms with Crippen molar-refractivity contribution in [3.8, 4) is 0 Å². The zero-order valence-electron chi connectivity index (χ0n) is 12.3. The average molecular weight is 291 g/mol. The number of benzene rings is 1. The van der Waals surface area contributed by atoms with Crippen LogP contribution >= 0.6 is 0 Å². The third-order valence-electron chi connectivity index (χ3n) is 3.39. The molecular formula is C16H21NO4. The van der Waals surface area contributed by atoms with Gasteiger partial charge in [-0.05, 0) is 30.9 Å². The number of esters is 1. The lowest BCUT2D eigenvalue weighted by atomic mass is 9.97. The maximum Gasteiger partial charge on any atom is 0.305 e. The van der Waals surface area contributed by atoms with Gasteiger partial charge < -0.3 is 14.8 Å². The fourth-order valence-corrected chi connectivity index (χ4v) is 2.38. The minimum Gasteiger partial charge on any atom is -0.466 e. The molecule has 1 aromatic rings. The van der Waals surface area contributed by atoms with E-state index in [9.17, 15) is 9.59 Å². The molecule has 0 saturated carbocycles. The molecule has 0 saturated heterocycles. The van der Waals surface area contributed by atoms with Gasteiger partial charge in [-0.25, -0.2) is 0 Å². The molecule has 114 valence electrons. The van der Waals surface area contributed by atoms with E-state index in [0.29, 0.717) is 32.6 Å². The molecule has 5 heteroatoms. The number of carbonyl (C=O) groups is 2. The second-order valence-corrected chi connectivity index (χ2v) is 4.90. The van der Waals surface area contributed by atoms with Crippen LogP contribution in [-0.4, -0.2) is 31.6 Å². The third-order valence-corrected chi connectivity index (χ3v) is 3.39. The second kappa shape index (κ2) is 7.78. The molecule has 0 spiro atoms. The molecule has 1 N–H and O–H groups in total. The first-order valence-electron chi connectivity index (χ1n) is 7.35. The van der Waals surface area contributed by atoms with Gasteiger partial charge in [0.15, 0.2) is 6.10 Å². The van der Waals surface area contributed by atoms with Crippen molar-refractivity contribution in [3.05, 3.63) is 35.4 Å². The zero-order valence-corrected chi connectivity index (χ0v) is 12.3. The van der Waals surface area contributed by atoms with Crippen LogP contribution in [0.2, 0.25) is 0 Å². The Hall–Kier alpha value is -1.88. The summed E-state index contributed by atoms with van der Waals surface area (Å²) in [5.74, 6) is -0.378. The number of hydrogen-bond donors (Lipinski definition) is 1. The highest BCUT2D eigenvalue weighted by Gasteiger charge is 2.26. The van der Waals surface area contributed by atoms with Crippen molar-refractivity contribution in [2.45, 2.75) is 32.3 Å². The van der Waals surface area contributed by atoms with E-state index in [1.54, 1.807) is 6.92 Å². The molecule has 0 aliphatic carbocycles. The normalized spacial score (nSPS) is 16.9. The maximum absolute atomic E-state index is 12.2. The Balaban J connectivity index is 1.81. The third kappa shape index (κ3) is 4.29. The summed E-state index contributed by atoms with van der Waals surface area (Å²) in [4.78, 5) is 23.4. The summed E-state index contributed by atoms with van der Waals surface area (Å²) in [5, 5.41) is 2.82. The van der Waals surface area contributed by atoms with Crippen molar-refractivity contribution in [3.63, 3.8) is 0 Å². The summed E-state index contributed by atoms with van der Waals surface area (Å²) >= 11 is 0. The molecule has 1 aliphatic heterocycles. The largest absolute Gasteiger partial charge is 0.466 e. The number of carbonyl (C=O) groups excluding carboxylic acids is 2. The highest BCUT2D eigenvalue weighted by molar-refractivity contribution is 5.82. The molecular weight excluding hydrogens is 270 g/mol. The summed E-state index contributed by atoms with van der Waals surface area (Å²) in [7, 11) is 0. The lowest BCUT2D eigenvalue weighted by Gasteiger charge is -2.25.